The standard InChI is InChI=1S/C14H20N2O3S/c1-5-19-14(18)12(9(2)3)10(4)15-16-13(17)11-7-6-8-20-11/h6-9,12H,5H2,1-4H3,(H,16,17)/b15-10+. The van der Waals surface area contributed by atoms with Gasteiger partial charge in [-0.15, -0.1) is 11.3 Å². The van der Waals surface area contributed by atoms with Gasteiger partial charge in [0.2, 0.25) is 0 Å². The molecule has 0 saturated heterocycles. The van der Waals surface area contributed by atoms with E-state index in [-0.39, 0.29) is 17.8 Å². The summed E-state index contributed by atoms with van der Waals surface area (Å²) in [5.41, 5.74) is 3.01. The average Bonchev–Trinajstić information content (AvgIpc) is 2.89. The highest BCUT2D eigenvalue weighted by Crippen LogP contribution is 2.15. The molecule has 0 spiro atoms. The molecule has 0 aliphatic heterocycles. The number of thiophene rings is 1. The van der Waals surface area contributed by atoms with Crippen LogP contribution in [0.1, 0.15) is 37.4 Å². The molecule has 110 valence electrons. The van der Waals surface area contributed by atoms with Gasteiger partial charge in [0.25, 0.3) is 5.91 Å². The van der Waals surface area contributed by atoms with Crippen LogP contribution in [0.4, 0.5) is 0 Å². The van der Waals surface area contributed by atoms with Crippen LogP contribution in [0, 0.1) is 11.8 Å². The van der Waals surface area contributed by atoms with Gasteiger partial charge in [-0.05, 0) is 31.2 Å². The molecule has 0 aromatic carbocycles. The van der Waals surface area contributed by atoms with Crippen molar-refractivity contribution in [3.05, 3.63) is 22.4 Å². The first-order valence-corrected chi connectivity index (χ1v) is 7.40. The second-order valence-electron chi connectivity index (χ2n) is 4.65. The predicted molar refractivity (Wildman–Crippen MR) is 79.9 cm³/mol. The number of carbonyl (C=O) groups is 2. The average molecular weight is 296 g/mol. The van der Waals surface area contributed by atoms with Crippen LogP contribution >= 0.6 is 11.3 Å². The topological polar surface area (TPSA) is 67.8 Å². The van der Waals surface area contributed by atoms with Crippen molar-refractivity contribution >= 4 is 28.9 Å². The molecule has 5 nitrogen and oxygen atoms in total. The molecular weight excluding hydrogens is 276 g/mol. The Balaban J connectivity index is 2.74. The van der Waals surface area contributed by atoms with E-state index in [1.807, 2.05) is 19.2 Å². The van der Waals surface area contributed by atoms with Crippen LogP contribution < -0.4 is 5.43 Å². The number of nitrogens with one attached hydrogen (secondary N) is 1. The third-order valence-electron chi connectivity index (χ3n) is 2.74. The van der Waals surface area contributed by atoms with Crippen molar-refractivity contribution in [1.29, 1.82) is 0 Å². The molecule has 6 heteroatoms. The Morgan fingerprint density at radius 2 is 2.15 bits per heavy atom. The summed E-state index contributed by atoms with van der Waals surface area (Å²) in [6, 6.07) is 3.52. The summed E-state index contributed by atoms with van der Waals surface area (Å²) in [5, 5.41) is 5.85. The molecule has 1 rings (SSSR count). The summed E-state index contributed by atoms with van der Waals surface area (Å²) >= 11 is 1.34. The van der Waals surface area contributed by atoms with E-state index in [1.165, 1.54) is 11.3 Å². The van der Waals surface area contributed by atoms with Crippen LogP contribution in [0.5, 0.6) is 0 Å². The fourth-order valence-corrected chi connectivity index (χ4v) is 2.44. The van der Waals surface area contributed by atoms with E-state index in [0.29, 0.717) is 17.2 Å². The Kier molecular flexibility index (Phi) is 6.38. The third-order valence-corrected chi connectivity index (χ3v) is 3.60. The summed E-state index contributed by atoms with van der Waals surface area (Å²) < 4.78 is 5.04. The van der Waals surface area contributed by atoms with Crippen LogP contribution in [0.2, 0.25) is 0 Å². The SMILES string of the molecule is CCOC(=O)C(/C(C)=N/NC(=O)c1cccs1)C(C)C. The molecule has 1 aromatic heterocycles. The molecule has 1 atom stereocenters. The Hall–Kier alpha value is -1.69. The number of nitrogens with zero attached hydrogens (tertiary/aromatic N) is 1. The minimum atomic E-state index is -0.446. The van der Waals surface area contributed by atoms with Crippen LogP contribution in [0.3, 0.4) is 0 Å². The molecule has 1 unspecified atom stereocenters. The normalized spacial score (nSPS) is 13.2. The van der Waals surface area contributed by atoms with Crippen LogP contribution in [-0.2, 0) is 9.53 Å². The lowest BCUT2D eigenvalue weighted by Crippen LogP contribution is -2.31. The minimum absolute atomic E-state index is 0.0523. The number of carbonyl (C=O) groups excluding carboxylic acids is 2. The Bertz CT molecular complexity index is 481. The highest BCUT2D eigenvalue weighted by molar-refractivity contribution is 7.12. The second kappa shape index (κ2) is 7.79. The molecule has 0 aliphatic carbocycles. The molecule has 1 heterocycles. The number of amides is 1. The first-order valence-electron chi connectivity index (χ1n) is 6.52. The summed E-state index contributed by atoms with van der Waals surface area (Å²) in [5.74, 6) is -0.977. The zero-order valence-electron chi connectivity index (χ0n) is 12.2. The van der Waals surface area contributed by atoms with Gasteiger partial charge in [0, 0.05) is 5.71 Å². The summed E-state index contributed by atoms with van der Waals surface area (Å²) in [6.45, 7) is 7.65. The maximum atomic E-state index is 11.9. The van der Waals surface area contributed by atoms with Crippen LogP contribution in [0.25, 0.3) is 0 Å². The number of hydrogen-bond acceptors (Lipinski definition) is 5. The van der Waals surface area contributed by atoms with E-state index in [9.17, 15) is 9.59 Å². The van der Waals surface area contributed by atoms with Crippen LogP contribution in [-0.4, -0.2) is 24.2 Å². The minimum Gasteiger partial charge on any atom is -0.465 e. The van der Waals surface area contributed by atoms with E-state index in [1.54, 1.807) is 26.0 Å². The lowest BCUT2D eigenvalue weighted by Gasteiger charge is -2.18. The van der Waals surface area contributed by atoms with Crippen molar-refractivity contribution in [3.63, 3.8) is 0 Å². The monoisotopic (exact) mass is 296 g/mol. The molecular formula is C14H20N2O3S. The van der Waals surface area contributed by atoms with Gasteiger partial charge < -0.3 is 4.74 Å². The molecule has 0 radical (unpaired) electrons. The molecule has 1 N–H and O–H groups in total. The van der Waals surface area contributed by atoms with Crippen LogP contribution in [0.15, 0.2) is 22.6 Å². The van der Waals surface area contributed by atoms with Gasteiger partial charge in [-0.25, -0.2) is 5.43 Å². The number of hydrazone groups is 1. The zero-order valence-corrected chi connectivity index (χ0v) is 13.0. The lowest BCUT2D eigenvalue weighted by atomic mass is 9.92. The maximum Gasteiger partial charge on any atom is 0.314 e. The molecule has 20 heavy (non-hydrogen) atoms. The smallest absolute Gasteiger partial charge is 0.314 e. The van der Waals surface area contributed by atoms with Crippen molar-refractivity contribution in [3.8, 4) is 0 Å². The number of esters is 1. The van der Waals surface area contributed by atoms with Gasteiger partial charge in [0.15, 0.2) is 0 Å². The van der Waals surface area contributed by atoms with Gasteiger partial charge in [-0.2, -0.15) is 5.10 Å². The predicted octanol–water partition coefficient (Wildman–Crippen LogP) is 2.69. The van der Waals surface area contributed by atoms with Gasteiger partial charge in [0.1, 0.15) is 0 Å². The first kappa shape index (κ1) is 16.4. The summed E-state index contributed by atoms with van der Waals surface area (Å²) in [4.78, 5) is 24.2. The second-order valence-corrected chi connectivity index (χ2v) is 5.59. The lowest BCUT2D eigenvalue weighted by molar-refractivity contribution is -0.146. The van der Waals surface area contributed by atoms with Crippen molar-refractivity contribution in [2.45, 2.75) is 27.7 Å². The van der Waals surface area contributed by atoms with E-state index in [2.05, 4.69) is 10.5 Å². The van der Waals surface area contributed by atoms with E-state index in [4.69, 9.17) is 4.74 Å². The molecule has 0 aliphatic rings. The number of ether oxygens (including phenoxy) is 1. The quantitative estimate of drug-likeness (QED) is 0.498. The molecule has 1 aromatic rings. The highest BCUT2D eigenvalue weighted by Gasteiger charge is 2.26. The largest absolute Gasteiger partial charge is 0.465 e. The van der Waals surface area contributed by atoms with Crippen molar-refractivity contribution in [1.82, 2.24) is 5.43 Å². The van der Waals surface area contributed by atoms with E-state index in [0.717, 1.165) is 0 Å². The first-order chi connectivity index (χ1) is 9.47. The van der Waals surface area contributed by atoms with Gasteiger partial charge in [-0.1, -0.05) is 19.9 Å². The Morgan fingerprint density at radius 1 is 1.45 bits per heavy atom. The summed E-state index contributed by atoms with van der Waals surface area (Å²) in [6.07, 6.45) is 0. The number of rotatable bonds is 6. The van der Waals surface area contributed by atoms with E-state index >= 15 is 0 Å². The highest BCUT2D eigenvalue weighted by atomic mass is 32.1. The molecule has 1 amide bonds. The van der Waals surface area contributed by atoms with Gasteiger partial charge >= 0.3 is 5.97 Å². The van der Waals surface area contributed by atoms with Gasteiger partial charge in [-0.3, -0.25) is 9.59 Å². The molecule has 0 saturated carbocycles. The van der Waals surface area contributed by atoms with E-state index < -0.39 is 5.92 Å². The summed E-state index contributed by atoms with van der Waals surface area (Å²) in [7, 11) is 0. The molecule has 0 bridgehead atoms. The number of hydrogen-bond donors (Lipinski definition) is 1. The Labute approximate surface area is 123 Å². The van der Waals surface area contributed by atoms with Crippen molar-refractivity contribution < 1.29 is 14.3 Å². The zero-order chi connectivity index (χ0) is 15.1. The fourth-order valence-electron chi connectivity index (χ4n) is 1.83. The van der Waals surface area contributed by atoms with Crippen molar-refractivity contribution in [2.75, 3.05) is 6.61 Å². The van der Waals surface area contributed by atoms with Crippen molar-refractivity contribution in [2.24, 2.45) is 16.9 Å². The van der Waals surface area contributed by atoms with Gasteiger partial charge in [0.05, 0.1) is 17.4 Å². The fraction of sp³-hybridized carbons (Fsp3) is 0.500. The molecule has 0 fully saturated rings. The third kappa shape index (κ3) is 4.45. The Morgan fingerprint density at radius 3 is 2.65 bits per heavy atom. The maximum absolute atomic E-state index is 11.9.